The van der Waals surface area contributed by atoms with E-state index in [9.17, 15) is 23.5 Å². The molecule has 1 unspecified atom stereocenters. The molecule has 4 aromatic rings. The van der Waals surface area contributed by atoms with Crippen LogP contribution in [-0.4, -0.2) is 22.0 Å². The molecule has 0 aliphatic rings. The van der Waals surface area contributed by atoms with E-state index in [1.165, 1.54) is 0 Å². The maximum absolute atomic E-state index is 13.6. The topological polar surface area (TPSA) is 82.5 Å². The van der Waals surface area contributed by atoms with Crippen LogP contribution < -0.4 is 10.2 Å². The second kappa shape index (κ2) is 11.6. The van der Waals surface area contributed by atoms with Gasteiger partial charge in [-0.1, -0.05) is 35.9 Å². The number of pyridine rings is 1. The van der Waals surface area contributed by atoms with Crippen LogP contribution >= 0.6 is 11.6 Å². The molecule has 0 aliphatic heterocycles. The van der Waals surface area contributed by atoms with Crippen molar-refractivity contribution in [2.45, 2.75) is 19.1 Å². The molecule has 1 heterocycles. The highest BCUT2D eigenvalue weighted by molar-refractivity contribution is 6.30. The molecule has 9 heteroatoms. The third-order valence-electron chi connectivity index (χ3n) is 5.66. The van der Waals surface area contributed by atoms with E-state index in [1.54, 1.807) is 30.5 Å². The highest BCUT2D eigenvalue weighted by atomic mass is 35.5. The van der Waals surface area contributed by atoms with Crippen molar-refractivity contribution in [3.63, 3.8) is 0 Å². The number of hydrogen-bond acceptors (Lipinski definition) is 4. The fraction of sp³-hybridized carbons (Fsp3) is 0.107. The minimum absolute atomic E-state index is 0.0792. The molecule has 0 bridgehead atoms. The lowest BCUT2D eigenvalue weighted by Crippen LogP contribution is -2.33. The lowest BCUT2D eigenvalue weighted by Gasteiger charge is -2.25. The number of carboxylic acids is 1. The molecule has 3 aromatic carbocycles. The average molecular weight is 522 g/mol. The minimum Gasteiger partial charge on any atom is -0.479 e. The van der Waals surface area contributed by atoms with Crippen LogP contribution in [0.3, 0.4) is 0 Å². The van der Waals surface area contributed by atoms with Gasteiger partial charge >= 0.3 is 5.97 Å². The molecule has 1 amide bonds. The Morgan fingerprint density at radius 1 is 0.919 bits per heavy atom. The predicted molar refractivity (Wildman–Crippen MR) is 136 cm³/mol. The number of benzene rings is 3. The van der Waals surface area contributed by atoms with Gasteiger partial charge in [0.1, 0.15) is 0 Å². The summed E-state index contributed by atoms with van der Waals surface area (Å²) in [5, 5.41) is 12.5. The van der Waals surface area contributed by atoms with Gasteiger partial charge in [-0.15, -0.1) is 0 Å². The highest BCUT2D eigenvalue weighted by Crippen LogP contribution is 2.23. The van der Waals surface area contributed by atoms with Gasteiger partial charge in [-0.25, -0.2) is 13.6 Å². The van der Waals surface area contributed by atoms with Gasteiger partial charge in [-0.05, 0) is 71.8 Å². The van der Waals surface area contributed by atoms with E-state index in [-0.39, 0.29) is 11.1 Å². The SMILES string of the molecule is O=C(NC(C(=O)O)c1ccc(F)c(F)c1)c1ccc(CN(Cc2ccccn2)c2ccc(Cl)cc2)cc1. The van der Waals surface area contributed by atoms with E-state index in [0.29, 0.717) is 18.1 Å². The highest BCUT2D eigenvalue weighted by Gasteiger charge is 2.24. The fourth-order valence-electron chi connectivity index (χ4n) is 3.75. The van der Waals surface area contributed by atoms with Crippen LogP contribution in [-0.2, 0) is 17.9 Å². The fourth-order valence-corrected chi connectivity index (χ4v) is 3.88. The third kappa shape index (κ3) is 6.68. The molecule has 4 rings (SSSR count). The quantitative estimate of drug-likeness (QED) is 0.292. The van der Waals surface area contributed by atoms with E-state index in [0.717, 1.165) is 35.1 Å². The van der Waals surface area contributed by atoms with E-state index in [1.807, 2.05) is 42.5 Å². The predicted octanol–water partition coefficient (Wildman–Crippen LogP) is 5.78. The Kier molecular flexibility index (Phi) is 8.10. The maximum atomic E-state index is 13.6. The van der Waals surface area contributed by atoms with Crippen LogP contribution in [0.15, 0.2) is 91.1 Å². The van der Waals surface area contributed by atoms with E-state index < -0.39 is 29.6 Å². The summed E-state index contributed by atoms with van der Waals surface area (Å²) >= 11 is 6.05. The first-order valence-electron chi connectivity index (χ1n) is 11.3. The van der Waals surface area contributed by atoms with Crippen molar-refractivity contribution in [2.24, 2.45) is 0 Å². The summed E-state index contributed by atoms with van der Waals surface area (Å²) in [7, 11) is 0. The van der Waals surface area contributed by atoms with Crippen LogP contribution in [0.25, 0.3) is 0 Å². The van der Waals surface area contributed by atoms with Crippen molar-refractivity contribution in [3.05, 3.63) is 130 Å². The molecule has 0 aliphatic carbocycles. The Morgan fingerprint density at radius 3 is 2.27 bits per heavy atom. The zero-order valence-corrected chi connectivity index (χ0v) is 20.2. The number of nitrogens with one attached hydrogen (secondary N) is 1. The van der Waals surface area contributed by atoms with Crippen LogP contribution in [0.2, 0.25) is 5.02 Å². The summed E-state index contributed by atoms with van der Waals surface area (Å²) in [6, 6.07) is 21.0. The number of aromatic nitrogens is 1. The van der Waals surface area contributed by atoms with Crippen molar-refractivity contribution >= 4 is 29.2 Å². The van der Waals surface area contributed by atoms with Crippen molar-refractivity contribution in [1.82, 2.24) is 10.3 Å². The molecule has 0 radical (unpaired) electrons. The Balaban J connectivity index is 1.50. The zero-order chi connectivity index (χ0) is 26.4. The molecular formula is C28H22ClF2N3O3. The first-order chi connectivity index (χ1) is 17.8. The standard InChI is InChI=1S/C28H22ClF2N3O3/c29-21-9-11-23(12-10-21)34(17-22-3-1-2-14-32-22)16-18-4-6-19(7-5-18)27(35)33-26(28(36)37)20-8-13-24(30)25(31)15-20/h1-15,26H,16-17H2,(H,33,35)(H,36,37). The first kappa shape index (κ1) is 25.8. The van der Waals surface area contributed by atoms with Crippen molar-refractivity contribution in [1.29, 1.82) is 0 Å². The van der Waals surface area contributed by atoms with E-state index in [2.05, 4.69) is 15.2 Å². The summed E-state index contributed by atoms with van der Waals surface area (Å²) in [6.07, 6.45) is 1.73. The summed E-state index contributed by atoms with van der Waals surface area (Å²) in [5.74, 6) is -4.36. The van der Waals surface area contributed by atoms with Gasteiger partial charge in [-0.3, -0.25) is 9.78 Å². The summed E-state index contributed by atoms with van der Waals surface area (Å²) < 4.78 is 26.8. The van der Waals surface area contributed by atoms with E-state index >= 15 is 0 Å². The van der Waals surface area contributed by atoms with Gasteiger partial charge in [0.2, 0.25) is 0 Å². The minimum atomic E-state index is -1.54. The molecular weight excluding hydrogens is 500 g/mol. The number of rotatable bonds is 9. The molecule has 0 fully saturated rings. The molecule has 1 aromatic heterocycles. The van der Waals surface area contributed by atoms with Crippen LogP contribution in [0.5, 0.6) is 0 Å². The number of nitrogens with zero attached hydrogens (tertiary/aromatic N) is 2. The molecule has 6 nitrogen and oxygen atoms in total. The average Bonchev–Trinajstić information content (AvgIpc) is 2.90. The Morgan fingerprint density at radius 2 is 1.65 bits per heavy atom. The molecule has 0 saturated heterocycles. The first-order valence-corrected chi connectivity index (χ1v) is 11.7. The number of carbonyl (C=O) groups is 2. The van der Waals surface area contributed by atoms with E-state index in [4.69, 9.17) is 11.6 Å². The molecule has 188 valence electrons. The molecule has 0 spiro atoms. The summed E-state index contributed by atoms with van der Waals surface area (Å²) in [5.41, 5.74) is 2.86. The zero-order valence-electron chi connectivity index (χ0n) is 19.4. The smallest absolute Gasteiger partial charge is 0.330 e. The molecule has 37 heavy (non-hydrogen) atoms. The van der Waals surface area contributed by atoms with Crippen LogP contribution in [0.4, 0.5) is 14.5 Å². The maximum Gasteiger partial charge on any atom is 0.330 e. The lowest BCUT2D eigenvalue weighted by atomic mass is 10.1. The summed E-state index contributed by atoms with van der Waals surface area (Å²) in [4.78, 5) is 30.9. The number of halogens is 3. The Hall–Kier alpha value is -4.30. The van der Waals surface area contributed by atoms with Crippen LogP contribution in [0.1, 0.15) is 33.2 Å². The van der Waals surface area contributed by atoms with Crippen molar-refractivity contribution < 1.29 is 23.5 Å². The van der Waals surface area contributed by atoms with Gasteiger partial charge in [0.05, 0.1) is 12.2 Å². The number of hydrogen-bond donors (Lipinski definition) is 2. The number of anilines is 1. The Bertz CT molecular complexity index is 1380. The van der Waals surface area contributed by atoms with Gasteiger partial charge in [-0.2, -0.15) is 0 Å². The number of aliphatic carboxylic acids is 1. The molecule has 1 atom stereocenters. The number of amides is 1. The number of carboxylic acid groups (broad SMARTS) is 1. The van der Waals surface area contributed by atoms with Gasteiger partial charge in [0, 0.05) is 29.0 Å². The Labute approximate surface area is 217 Å². The van der Waals surface area contributed by atoms with Gasteiger partial charge < -0.3 is 15.3 Å². The largest absolute Gasteiger partial charge is 0.479 e. The van der Waals surface area contributed by atoms with Crippen LogP contribution in [0, 0.1) is 11.6 Å². The monoisotopic (exact) mass is 521 g/mol. The van der Waals surface area contributed by atoms with Gasteiger partial charge in [0.15, 0.2) is 17.7 Å². The molecule has 2 N–H and O–H groups in total. The molecule has 0 saturated carbocycles. The van der Waals surface area contributed by atoms with Crippen molar-refractivity contribution in [2.75, 3.05) is 4.90 Å². The second-order valence-electron chi connectivity index (χ2n) is 8.27. The number of carbonyl (C=O) groups excluding carboxylic acids is 1. The van der Waals surface area contributed by atoms with Crippen molar-refractivity contribution in [3.8, 4) is 0 Å². The second-order valence-corrected chi connectivity index (χ2v) is 8.71. The lowest BCUT2D eigenvalue weighted by molar-refractivity contribution is -0.139. The van der Waals surface area contributed by atoms with Gasteiger partial charge in [0.25, 0.3) is 5.91 Å². The normalized spacial score (nSPS) is 11.5. The third-order valence-corrected chi connectivity index (χ3v) is 5.91. The summed E-state index contributed by atoms with van der Waals surface area (Å²) in [6.45, 7) is 1.05.